The molecule has 0 aliphatic heterocycles. The van der Waals surface area contributed by atoms with Gasteiger partial charge in [0.1, 0.15) is 0 Å². The molecule has 4 aromatic heterocycles. The van der Waals surface area contributed by atoms with Crippen LogP contribution in [-0.2, 0) is 85.8 Å². The van der Waals surface area contributed by atoms with Gasteiger partial charge in [-0.1, -0.05) is 72.8 Å². The first-order chi connectivity index (χ1) is 34.3. The Labute approximate surface area is 432 Å². The van der Waals surface area contributed by atoms with E-state index in [2.05, 4.69) is 41.2 Å². The Morgan fingerprint density at radius 2 is 0.534 bits per heavy atom. The SMILES string of the molecule is CC(=O)NC(Cc1c[nH]c2ccccc12)C(=O)[O-].CC(=O)NC(Cc1c[nH]c2ccccc12)C(=O)[O-].CC(=O)NC(Cc1c[nH]c2ccccc12)C(=O)[O-].CC(=O)NC(Cc1c[nH]c2ccccc12)C(=O)[O-].[Ti+4]. The number of carboxylic acids is 4. The minimum atomic E-state index is -1.28. The van der Waals surface area contributed by atoms with E-state index in [4.69, 9.17) is 0 Å². The van der Waals surface area contributed by atoms with Crippen LogP contribution >= 0.6 is 0 Å². The number of aliphatic carboxylic acids is 4. The summed E-state index contributed by atoms with van der Waals surface area (Å²) in [6.45, 7) is 5.13. The van der Waals surface area contributed by atoms with Crippen molar-refractivity contribution in [1.82, 2.24) is 41.2 Å². The number of hydrogen-bond acceptors (Lipinski definition) is 12. The Morgan fingerprint density at radius 3 is 0.699 bits per heavy atom. The van der Waals surface area contributed by atoms with Crippen molar-refractivity contribution in [1.29, 1.82) is 0 Å². The predicted molar refractivity (Wildman–Crippen MR) is 258 cm³/mol. The van der Waals surface area contributed by atoms with Crippen molar-refractivity contribution in [2.75, 3.05) is 0 Å². The number of carbonyl (C=O) groups is 8. The second-order valence-corrected chi connectivity index (χ2v) is 16.5. The number of carbonyl (C=O) groups excluding carboxylic acids is 8. The van der Waals surface area contributed by atoms with Gasteiger partial charge in [-0.3, -0.25) is 19.2 Å². The third kappa shape index (κ3) is 16.8. The molecule has 376 valence electrons. The molecule has 4 amide bonds. The third-order valence-corrected chi connectivity index (χ3v) is 11.0. The number of H-pyrrole nitrogens is 4. The molecule has 4 atom stereocenters. The van der Waals surface area contributed by atoms with Gasteiger partial charge in [0, 0.05) is 122 Å². The molecule has 4 unspecified atom stereocenters. The molecule has 0 aliphatic rings. The summed E-state index contributed by atoms with van der Waals surface area (Å²) in [5.74, 6) is -6.67. The Hall–Kier alpha value is -8.49. The van der Waals surface area contributed by atoms with Crippen LogP contribution in [-0.4, -0.2) is 91.6 Å². The fourth-order valence-corrected chi connectivity index (χ4v) is 7.84. The van der Waals surface area contributed by atoms with Gasteiger partial charge in [-0.15, -0.1) is 0 Å². The number of para-hydroxylation sites is 4. The number of aromatic amines is 4. The van der Waals surface area contributed by atoms with E-state index in [0.717, 1.165) is 65.9 Å². The zero-order valence-electron chi connectivity index (χ0n) is 40.1. The van der Waals surface area contributed by atoms with Crippen LogP contribution < -0.4 is 41.7 Å². The first-order valence-corrected chi connectivity index (χ1v) is 22.4. The summed E-state index contributed by atoms with van der Waals surface area (Å²) in [7, 11) is 0. The third-order valence-electron chi connectivity index (χ3n) is 11.0. The van der Waals surface area contributed by atoms with Gasteiger partial charge in [0.15, 0.2) is 0 Å². The molecule has 20 nitrogen and oxygen atoms in total. The fourth-order valence-electron chi connectivity index (χ4n) is 7.84. The van der Waals surface area contributed by atoms with Crippen LogP contribution in [0.1, 0.15) is 49.9 Å². The molecule has 73 heavy (non-hydrogen) atoms. The van der Waals surface area contributed by atoms with Crippen LogP contribution in [0.5, 0.6) is 0 Å². The second kappa shape index (κ2) is 27.2. The summed E-state index contributed by atoms with van der Waals surface area (Å²) < 4.78 is 0. The minimum Gasteiger partial charge on any atom is -0.548 e. The molecule has 0 fully saturated rings. The summed E-state index contributed by atoms with van der Waals surface area (Å²) >= 11 is 0. The molecule has 8 aromatic rings. The maximum Gasteiger partial charge on any atom is 4.00 e. The first-order valence-electron chi connectivity index (χ1n) is 22.4. The van der Waals surface area contributed by atoms with Crippen molar-refractivity contribution in [2.45, 2.75) is 77.5 Å². The number of fused-ring (bicyclic) bond motifs is 4. The zero-order valence-corrected chi connectivity index (χ0v) is 41.6. The van der Waals surface area contributed by atoms with Crippen LogP contribution in [0.25, 0.3) is 43.6 Å². The Bertz CT molecular complexity index is 2790. The zero-order chi connectivity index (χ0) is 52.5. The number of benzene rings is 4. The van der Waals surface area contributed by atoms with Gasteiger partial charge in [-0.05, 0) is 46.5 Å². The Balaban J connectivity index is 0.000000210. The first kappa shape index (κ1) is 57.1. The number of hydrogen-bond donors (Lipinski definition) is 8. The van der Waals surface area contributed by atoms with Crippen molar-refractivity contribution in [3.63, 3.8) is 0 Å². The van der Waals surface area contributed by atoms with Gasteiger partial charge in [-0.2, -0.15) is 0 Å². The standard InChI is InChI=1S/4C13H14N2O3.Ti/c4*1-8(16)15-12(13(17)18)6-9-7-14-11-5-3-2-4-10(9)11;/h4*2-5,7,12,14H,6H2,1H3,(H,15,16)(H,17,18);/q;;;;+4/p-4. The summed E-state index contributed by atoms with van der Waals surface area (Å²) in [6, 6.07) is 26.3. The monoisotopic (exact) mass is 1030 g/mol. The summed E-state index contributed by atoms with van der Waals surface area (Å²) in [5, 5.41) is 57.1. The van der Waals surface area contributed by atoms with E-state index in [1.807, 2.05) is 97.1 Å². The van der Waals surface area contributed by atoms with Gasteiger partial charge in [0.25, 0.3) is 0 Å². The van der Waals surface area contributed by atoms with Crippen molar-refractivity contribution in [2.24, 2.45) is 0 Å². The molecule has 8 N–H and O–H groups in total. The number of carboxylic acid groups (broad SMARTS) is 4. The van der Waals surface area contributed by atoms with Gasteiger partial charge >= 0.3 is 21.7 Å². The van der Waals surface area contributed by atoms with Gasteiger partial charge in [0.05, 0.1) is 48.0 Å². The molecular formula is C52H52N8O12Ti. The van der Waals surface area contributed by atoms with Crippen LogP contribution in [0.2, 0.25) is 0 Å². The van der Waals surface area contributed by atoms with E-state index in [1.165, 1.54) is 27.7 Å². The molecule has 0 saturated carbocycles. The van der Waals surface area contributed by atoms with Crippen LogP contribution in [0.15, 0.2) is 122 Å². The summed E-state index contributed by atoms with van der Waals surface area (Å²) in [5.41, 5.74) is 7.11. The molecule has 0 radical (unpaired) electrons. The average Bonchev–Trinajstić information content (AvgIpc) is 4.14. The van der Waals surface area contributed by atoms with E-state index < -0.39 is 48.0 Å². The largest absolute Gasteiger partial charge is 4.00 e. The smallest absolute Gasteiger partial charge is 0.548 e. The molecule has 21 heteroatoms. The average molecular weight is 1030 g/mol. The van der Waals surface area contributed by atoms with Crippen molar-refractivity contribution in [3.8, 4) is 0 Å². The van der Waals surface area contributed by atoms with Crippen molar-refractivity contribution >= 4 is 91.1 Å². The van der Waals surface area contributed by atoms with E-state index in [0.29, 0.717) is 0 Å². The van der Waals surface area contributed by atoms with Gasteiger partial charge < -0.3 is 80.8 Å². The maximum absolute atomic E-state index is 11.0. The van der Waals surface area contributed by atoms with E-state index in [1.54, 1.807) is 24.8 Å². The number of aromatic nitrogens is 4. The topological polar surface area (TPSA) is 340 Å². The van der Waals surface area contributed by atoms with Gasteiger partial charge in [-0.25, -0.2) is 0 Å². The van der Waals surface area contributed by atoms with Crippen LogP contribution in [0, 0.1) is 0 Å². The van der Waals surface area contributed by atoms with Crippen molar-refractivity contribution in [3.05, 3.63) is 144 Å². The normalized spacial score (nSPS) is 12.1. The number of nitrogens with one attached hydrogen (secondary N) is 8. The predicted octanol–water partition coefficient (Wildman–Crippen LogP) is -0.142. The molecule has 4 aromatic carbocycles. The molecule has 0 saturated heterocycles. The quantitative estimate of drug-likeness (QED) is 0.0587. The number of amides is 4. The molecule has 0 spiro atoms. The number of rotatable bonds is 16. The summed E-state index contributed by atoms with van der Waals surface area (Å²) in [4.78, 5) is 99.8. The van der Waals surface area contributed by atoms with Crippen LogP contribution in [0.4, 0.5) is 0 Å². The van der Waals surface area contributed by atoms with Gasteiger partial charge in [0.2, 0.25) is 23.6 Å². The van der Waals surface area contributed by atoms with E-state index in [9.17, 15) is 58.8 Å². The molecule has 0 bridgehead atoms. The minimum absolute atomic E-state index is 0. The molecular weight excluding hydrogens is 976 g/mol. The fraction of sp³-hybridized carbons (Fsp3) is 0.231. The molecule has 8 rings (SSSR count). The molecule has 0 aliphatic carbocycles. The van der Waals surface area contributed by atoms with E-state index >= 15 is 0 Å². The summed E-state index contributed by atoms with van der Waals surface area (Å²) in [6.07, 6.45) is 7.81. The Morgan fingerprint density at radius 1 is 0.356 bits per heavy atom. The van der Waals surface area contributed by atoms with Crippen molar-refractivity contribution < 1.29 is 80.5 Å². The van der Waals surface area contributed by atoms with Crippen LogP contribution in [0.3, 0.4) is 0 Å². The second-order valence-electron chi connectivity index (χ2n) is 16.5. The Kier molecular flexibility index (Phi) is 21.3. The molecule has 4 heterocycles. The van der Waals surface area contributed by atoms with E-state index in [-0.39, 0.29) is 71.0 Å². The maximum atomic E-state index is 11.0.